The Hall–Kier alpha value is -1.12. The van der Waals surface area contributed by atoms with E-state index in [1.807, 2.05) is 0 Å². The van der Waals surface area contributed by atoms with E-state index in [1.165, 1.54) is 0 Å². The van der Waals surface area contributed by atoms with Crippen LogP contribution in [-0.4, -0.2) is 18.2 Å². The quantitative estimate of drug-likeness (QED) is 0.364. The van der Waals surface area contributed by atoms with E-state index in [2.05, 4.69) is 18.5 Å². The Morgan fingerprint density at radius 2 is 1.89 bits per heavy atom. The fraction of sp³-hybridized carbons (Fsp3) is 0.333. The average molecular weight is 127 g/mol. The van der Waals surface area contributed by atoms with Gasteiger partial charge in [-0.1, -0.05) is 0 Å². The summed E-state index contributed by atoms with van der Waals surface area (Å²) in [5.41, 5.74) is 0. The van der Waals surface area contributed by atoms with Gasteiger partial charge in [0.1, 0.15) is 0 Å². The summed E-state index contributed by atoms with van der Waals surface area (Å²) in [6, 6.07) is 0. The zero-order valence-electron chi connectivity index (χ0n) is 5.14. The lowest BCUT2D eigenvalue weighted by molar-refractivity contribution is -0.135. The van der Waals surface area contributed by atoms with Crippen LogP contribution < -0.4 is 5.32 Å². The van der Waals surface area contributed by atoms with Crippen LogP contribution >= 0.6 is 0 Å². The van der Waals surface area contributed by atoms with E-state index in [4.69, 9.17) is 0 Å². The lowest BCUT2D eigenvalue weighted by Gasteiger charge is -1.78. The molecule has 1 N–H and O–H groups in total. The molecule has 0 saturated carbocycles. The van der Waals surface area contributed by atoms with Crippen molar-refractivity contribution in [3.8, 4) is 0 Å². The maximum atomic E-state index is 10.2. The molecule has 9 heavy (non-hydrogen) atoms. The summed E-state index contributed by atoms with van der Waals surface area (Å²) in [6.07, 6.45) is 0.374. The van der Waals surface area contributed by atoms with Crippen molar-refractivity contribution in [1.82, 2.24) is 5.32 Å². The van der Waals surface area contributed by atoms with Crippen LogP contribution in [0.5, 0.6) is 0 Å². The van der Waals surface area contributed by atoms with Gasteiger partial charge in [-0.2, -0.15) is 0 Å². The fourth-order valence-corrected chi connectivity index (χ4v) is 0.502. The van der Waals surface area contributed by atoms with Gasteiger partial charge >= 0.3 is 0 Å². The average Bonchev–Trinajstić information content (AvgIpc) is 2.23. The lowest BCUT2D eigenvalue weighted by Crippen LogP contribution is -2.18. The molecule has 3 nitrogen and oxygen atoms in total. The SMILES string of the molecule is C=C.O=C1CCNC1=O. The van der Waals surface area contributed by atoms with Gasteiger partial charge in [0.25, 0.3) is 5.91 Å². The van der Waals surface area contributed by atoms with Crippen LogP contribution in [0.1, 0.15) is 6.42 Å². The molecular weight excluding hydrogens is 118 g/mol. The van der Waals surface area contributed by atoms with Gasteiger partial charge in [0.05, 0.1) is 0 Å². The molecule has 0 unspecified atom stereocenters. The van der Waals surface area contributed by atoms with Crippen molar-refractivity contribution in [3.05, 3.63) is 13.2 Å². The van der Waals surface area contributed by atoms with E-state index in [0.717, 1.165) is 0 Å². The van der Waals surface area contributed by atoms with Gasteiger partial charge in [-0.25, -0.2) is 0 Å². The molecular formula is C6H9NO2. The van der Waals surface area contributed by atoms with Gasteiger partial charge in [-0.15, -0.1) is 13.2 Å². The topological polar surface area (TPSA) is 46.2 Å². The highest BCUT2D eigenvalue weighted by Gasteiger charge is 2.18. The number of Topliss-reactive ketones (excluding diaryl/α,β-unsaturated/α-hetero) is 1. The molecule has 1 fully saturated rings. The fourth-order valence-electron chi connectivity index (χ4n) is 0.502. The number of rotatable bonds is 0. The molecule has 50 valence electrons. The molecule has 3 heteroatoms. The standard InChI is InChI=1S/C4H5NO2.C2H4/c6-3-1-2-5-4(3)7;1-2/h1-2H2,(H,5,7);1-2H2. The molecule has 0 spiro atoms. The monoisotopic (exact) mass is 127 g/mol. The number of hydrogen-bond donors (Lipinski definition) is 1. The highest BCUT2D eigenvalue weighted by molar-refractivity contribution is 6.37. The summed E-state index contributed by atoms with van der Waals surface area (Å²) in [7, 11) is 0. The van der Waals surface area contributed by atoms with Crippen molar-refractivity contribution in [2.75, 3.05) is 6.54 Å². The molecule has 0 aromatic carbocycles. The Kier molecular flexibility index (Phi) is 3.35. The Labute approximate surface area is 53.7 Å². The number of nitrogens with one attached hydrogen (secondary N) is 1. The first-order valence-corrected chi connectivity index (χ1v) is 2.62. The second-order valence-corrected chi connectivity index (χ2v) is 1.43. The van der Waals surface area contributed by atoms with Gasteiger partial charge in [-0.3, -0.25) is 9.59 Å². The van der Waals surface area contributed by atoms with Gasteiger partial charge in [-0.05, 0) is 0 Å². The Bertz CT molecular complexity index is 117. The van der Waals surface area contributed by atoms with Crippen molar-refractivity contribution < 1.29 is 9.59 Å². The number of carbonyl (C=O) groups excluding carboxylic acids is 2. The predicted octanol–water partition coefficient (Wildman–Crippen LogP) is -0.122. The number of hydrogen-bond acceptors (Lipinski definition) is 2. The third-order valence-electron chi connectivity index (χ3n) is 0.891. The second-order valence-electron chi connectivity index (χ2n) is 1.43. The summed E-state index contributed by atoms with van der Waals surface area (Å²) in [6.45, 7) is 6.53. The van der Waals surface area contributed by atoms with Crippen LogP contribution in [0.2, 0.25) is 0 Å². The van der Waals surface area contributed by atoms with Crippen LogP contribution in [0.3, 0.4) is 0 Å². The number of carbonyl (C=O) groups is 2. The molecule has 1 aliphatic rings. The Morgan fingerprint density at radius 1 is 1.33 bits per heavy atom. The van der Waals surface area contributed by atoms with E-state index in [9.17, 15) is 9.59 Å². The van der Waals surface area contributed by atoms with Crippen molar-refractivity contribution in [2.24, 2.45) is 0 Å². The van der Waals surface area contributed by atoms with Crippen molar-refractivity contribution >= 4 is 11.7 Å². The summed E-state index contributed by atoms with van der Waals surface area (Å²) in [5.74, 6) is -0.722. The predicted molar refractivity (Wildman–Crippen MR) is 33.9 cm³/mol. The summed E-state index contributed by atoms with van der Waals surface area (Å²) in [4.78, 5) is 20.3. The first-order valence-electron chi connectivity index (χ1n) is 2.62. The first kappa shape index (κ1) is 7.88. The van der Waals surface area contributed by atoms with E-state index in [1.54, 1.807) is 0 Å². The summed E-state index contributed by atoms with van der Waals surface area (Å²) in [5, 5.41) is 2.38. The van der Waals surface area contributed by atoms with Crippen LogP contribution in [-0.2, 0) is 9.59 Å². The molecule has 0 aromatic rings. The number of ketones is 1. The van der Waals surface area contributed by atoms with Gasteiger partial charge < -0.3 is 5.32 Å². The lowest BCUT2D eigenvalue weighted by atomic mass is 10.3. The van der Waals surface area contributed by atoms with Crippen LogP contribution in [0, 0.1) is 0 Å². The third kappa shape index (κ3) is 2.08. The minimum atomic E-state index is -0.431. The Balaban J connectivity index is 0.000000291. The highest BCUT2D eigenvalue weighted by atomic mass is 16.2. The van der Waals surface area contributed by atoms with Crippen molar-refractivity contribution in [3.63, 3.8) is 0 Å². The molecule has 1 saturated heterocycles. The van der Waals surface area contributed by atoms with Crippen molar-refractivity contribution in [1.29, 1.82) is 0 Å². The normalized spacial score (nSPS) is 16.0. The molecule has 0 radical (unpaired) electrons. The largest absolute Gasteiger partial charge is 0.349 e. The molecule has 1 amide bonds. The van der Waals surface area contributed by atoms with Gasteiger partial charge in [0, 0.05) is 13.0 Å². The molecule has 0 atom stereocenters. The molecule has 1 rings (SSSR count). The zero-order chi connectivity index (χ0) is 7.28. The van der Waals surface area contributed by atoms with E-state index in [0.29, 0.717) is 13.0 Å². The number of amides is 1. The maximum absolute atomic E-state index is 10.2. The van der Waals surface area contributed by atoms with Gasteiger partial charge in [0.2, 0.25) is 5.78 Å². The van der Waals surface area contributed by atoms with Crippen molar-refractivity contribution in [2.45, 2.75) is 6.42 Å². The first-order chi connectivity index (χ1) is 4.30. The zero-order valence-corrected chi connectivity index (χ0v) is 5.14. The minimum absolute atomic E-state index is 0.292. The van der Waals surface area contributed by atoms with E-state index >= 15 is 0 Å². The van der Waals surface area contributed by atoms with Gasteiger partial charge in [0.15, 0.2) is 0 Å². The summed E-state index contributed by atoms with van der Waals surface area (Å²) >= 11 is 0. The summed E-state index contributed by atoms with van der Waals surface area (Å²) < 4.78 is 0. The van der Waals surface area contributed by atoms with E-state index in [-0.39, 0.29) is 5.78 Å². The highest BCUT2D eigenvalue weighted by Crippen LogP contribution is 1.88. The van der Waals surface area contributed by atoms with Crippen LogP contribution in [0.4, 0.5) is 0 Å². The smallest absolute Gasteiger partial charge is 0.287 e. The van der Waals surface area contributed by atoms with Crippen LogP contribution in [0.15, 0.2) is 13.2 Å². The third-order valence-corrected chi connectivity index (χ3v) is 0.891. The molecule has 1 heterocycles. The van der Waals surface area contributed by atoms with E-state index < -0.39 is 5.91 Å². The van der Waals surface area contributed by atoms with Crippen LogP contribution in [0.25, 0.3) is 0 Å². The minimum Gasteiger partial charge on any atom is -0.349 e. The maximum Gasteiger partial charge on any atom is 0.287 e. The molecule has 1 aliphatic heterocycles. The molecule has 0 bridgehead atoms. The Morgan fingerprint density at radius 3 is 2.00 bits per heavy atom. The second kappa shape index (κ2) is 3.83. The molecule has 0 aromatic heterocycles. The molecule has 0 aliphatic carbocycles.